The van der Waals surface area contributed by atoms with Gasteiger partial charge in [-0.2, -0.15) is 0 Å². The van der Waals surface area contributed by atoms with Crippen molar-refractivity contribution in [3.8, 4) is 0 Å². The number of allylic oxidation sites excluding steroid dienone is 1. The van der Waals surface area contributed by atoms with Crippen LogP contribution >= 0.6 is 0 Å². The molecule has 0 heterocycles. The molecule has 0 aliphatic heterocycles. The molecule has 70 valence electrons. The van der Waals surface area contributed by atoms with Crippen molar-refractivity contribution < 1.29 is 0 Å². The van der Waals surface area contributed by atoms with Crippen LogP contribution in [0.4, 0.5) is 0 Å². The van der Waals surface area contributed by atoms with Crippen molar-refractivity contribution in [2.75, 3.05) is 6.54 Å². The van der Waals surface area contributed by atoms with Gasteiger partial charge in [0.2, 0.25) is 0 Å². The summed E-state index contributed by atoms with van der Waals surface area (Å²) in [6.07, 6.45) is 7.25. The smallest absolute Gasteiger partial charge is 0.0158 e. The van der Waals surface area contributed by atoms with Crippen molar-refractivity contribution in [2.45, 2.75) is 39.7 Å². The normalized spacial score (nSPS) is 35.4. The van der Waals surface area contributed by atoms with Crippen LogP contribution in [-0.2, 0) is 0 Å². The Morgan fingerprint density at radius 2 is 2.17 bits per heavy atom. The van der Waals surface area contributed by atoms with Gasteiger partial charge < -0.3 is 5.32 Å². The summed E-state index contributed by atoms with van der Waals surface area (Å²) in [5, 5.41) is 3.58. The van der Waals surface area contributed by atoms with E-state index in [-0.39, 0.29) is 0 Å². The van der Waals surface area contributed by atoms with Crippen LogP contribution in [0.5, 0.6) is 0 Å². The third kappa shape index (κ3) is 2.10. The minimum atomic E-state index is 0.712. The largest absolute Gasteiger partial charge is 0.313 e. The lowest BCUT2D eigenvalue weighted by atomic mass is 9.81. The van der Waals surface area contributed by atoms with E-state index in [1.54, 1.807) is 0 Å². The molecule has 1 nitrogen and oxygen atoms in total. The van der Waals surface area contributed by atoms with Gasteiger partial charge in [0.15, 0.2) is 0 Å². The van der Waals surface area contributed by atoms with Crippen molar-refractivity contribution in [1.82, 2.24) is 5.32 Å². The molecule has 3 atom stereocenters. The van der Waals surface area contributed by atoms with Crippen LogP contribution < -0.4 is 5.32 Å². The Morgan fingerprint density at radius 3 is 2.75 bits per heavy atom. The maximum atomic E-state index is 3.58. The van der Waals surface area contributed by atoms with Crippen LogP contribution in [0, 0.1) is 11.8 Å². The predicted octanol–water partition coefficient (Wildman–Crippen LogP) is 2.59. The molecule has 0 aromatic rings. The van der Waals surface area contributed by atoms with Gasteiger partial charge in [0.25, 0.3) is 0 Å². The van der Waals surface area contributed by atoms with E-state index in [1.807, 2.05) is 0 Å². The second kappa shape index (κ2) is 4.66. The molecule has 0 aromatic heterocycles. The quantitative estimate of drug-likeness (QED) is 0.637. The van der Waals surface area contributed by atoms with E-state index in [0.29, 0.717) is 12.0 Å². The highest BCUT2D eigenvalue weighted by molar-refractivity contribution is 5.01. The Kier molecular flexibility index (Phi) is 3.80. The first-order valence-electron chi connectivity index (χ1n) is 5.19. The van der Waals surface area contributed by atoms with Crippen molar-refractivity contribution in [3.63, 3.8) is 0 Å². The first-order valence-corrected chi connectivity index (χ1v) is 5.19. The van der Waals surface area contributed by atoms with Crippen LogP contribution in [-0.4, -0.2) is 12.6 Å². The molecule has 0 fully saturated rings. The predicted molar refractivity (Wildman–Crippen MR) is 54.2 cm³/mol. The third-order valence-corrected chi connectivity index (χ3v) is 2.92. The van der Waals surface area contributed by atoms with E-state index in [2.05, 4.69) is 38.2 Å². The minimum Gasteiger partial charge on any atom is -0.313 e. The molecular formula is C11H21N. The molecule has 0 amide bonds. The van der Waals surface area contributed by atoms with E-state index >= 15 is 0 Å². The lowest BCUT2D eigenvalue weighted by Gasteiger charge is -2.33. The summed E-state index contributed by atoms with van der Waals surface area (Å²) in [7, 11) is 0. The Bertz CT molecular complexity index is 151. The summed E-state index contributed by atoms with van der Waals surface area (Å²) in [6.45, 7) is 7.89. The Labute approximate surface area is 76.2 Å². The van der Waals surface area contributed by atoms with Crippen LogP contribution in [0.3, 0.4) is 0 Å². The Hall–Kier alpha value is -0.300. The molecule has 0 saturated carbocycles. The molecule has 1 N–H and O–H groups in total. The maximum absolute atomic E-state index is 3.58. The van der Waals surface area contributed by atoms with Gasteiger partial charge in [0.1, 0.15) is 0 Å². The molecule has 0 saturated heterocycles. The average molecular weight is 167 g/mol. The van der Waals surface area contributed by atoms with Gasteiger partial charge in [-0.3, -0.25) is 0 Å². The lowest BCUT2D eigenvalue weighted by Crippen LogP contribution is -2.41. The van der Waals surface area contributed by atoms with Gasteiger partial charge in [-0.05, 0) is 24.8 Å². The van der Waals surface area contributed by atoms with Crippen molar-refractivity contribution >= 4 is 0 Å². The molecule has 1 aliphatic carbocycles. The van der Waals surface area contributed by atoms with E-state index in [0.717, 1.165) is 12.5 Å². The van der Waals surface area contributed by atoms with Gasteiger partial charge >= 0.3 is 0 Å². The molecule has 12 heavy (non-hydrogen) atoms. The summed E-state index contributed by atoms with van der Waals surface area (Å²) in [5.41, 5.74) is 0. The topological polar surface area (TPSA) is 12.0 Å². The second-order valence-electron chi connectivity index (χ2n) is 3.77. The summed E-state index contributed by atoms with van der Waals surface area (Å²) in [5.74, 6) is 1.56. The van der Waals surface area contributed by atoms with Crippen LogP contribution in [0.15, 0.2) is 12.2 Å². The first kappa shape index (κ1) is 9.79. The summed E-state index contributed by atoms with van der Waals surface area (Å²) in [4.78, 5) is 0. The van der Waals surface area contributed by atoms with Gasteiger partial charge in [0, 0.05) is 6.04 Å². The zero-order chi connectivity index (χ0) is 8.97. The van der Waals surface area contributed by atoms with Gasteiger partial charge in [-0.1, -0.05) is 39.3 Å². The van der Waals surface area contributed by atoms with Crippen molar-refractivity contribution in [3.05, 3.63) is 12.2 Å². The first-order chi connectivity index (χ1) is 5.79. The molecule has 0 spiro atoms. The summed E-state index contributed by atoms with van der Waals surface area (Å²) >= 11 is 0. The Morgan fingerprint density at radius 1 is 1.42 bits per heavy atom. The number of hydrogen-bond donors (Lipinski definition) is 1. The molecule has 1 aliphatic rings. The fourth-order valence-corrected chi connectivity index (χ4v) is 2.17. The molecule has 1 heteroatoms. The summed E-state index contributed by atoms with van der Waals surface area (Å²) < 4.78 is 0. The average Bonchev–Trinajstić information content (AvgIpc) is 2.09. The number of hydrogen-bond acceptors (Lipinski definition) is 1. The van der Waals surface area contributed by atoms with Crippen molar-refractivity contribution in [2.24, 2.45) is 11.8 Å². The zero-order valence-corrected chi connectivity index (χ0v) is 8.51. The number of nitrogens with one attached hydrogen (secondary N) is 1. The third-order valence-electron chi connectivity index (χ3n) is 2.92. The molecule has 0 radical (unpaired) electrons. The van der Waals surface area contributed by atoms with E-state index in [4.69, 9.17) is 0 Å². The van der Waals surface area contributed by atoms with Gasteiger partial charge in [-0.15, -0.1) is 0 Å². The monoisotopic (exact) mass is 167 g/mol. The van der Waals surface area contributed by atoms with Crippen LogP contribution in [0.1, 0.15) is 33.6 Å². The Balaban J connectivity index is 2.56. The zero-order valence-electron chi connectivity index (χ0n) is 8.51. The van der Waals surface area contributed by atoms with E-state index in [9.17, 15) is 0 Å². The van der Waals surface area contributed by atoms with Gasteiger partial charge in [-0.25, -0.2) is 0 Å². The maximum Gasteiger partial charge on any atom is 0.0158 e. The van der Waals surface area contributed by atoms with Gasteiger partial charge in [0.05, 0.1) is 0 Å². The fraction of sp³-hybridized carbons (Fsp3) is 0.818. The van der Waals surface area contributed by atoms with Crippen molar-refractivity contribution in [1.29, 1.82) is 0 Å². The van der Waals surface area contributed by atoms with E-state index in [1.165, 1.54) is 12.8 Å². The lowest BCUT2D eigenvalue weighted by molar-refractivity contribution is 0.285. The highest BCUT2D eigenvalue weighted by Crippen LogP contribution is 2.25. The number of rotatable bonds is 3. The highest BCUT2D eigenvalue weighted by atomic mass is 14.9. The van der Waals surface area contributed by atoms with Crippen LogP contribution in [0.2, 0.25) is 0 Å². The SMILES string of the molecule is CCN[C@H]1C(C)C=CCC1CC. The highest BCUT2D eigenvalue weighted by Gasteiger charge is 2.24. The molecule has 2 unspecified atom stereocenters. The minimum absolute atomic E-state index is 0.712. The molecular weight excluding hydrogens is 146 g/mol. The van der Waals surface area contributed by atoms with E-state index < -0.39 is 0 Å². The fourth-order valence-electron chi connectivity index (χ4n) is 2.17. The summed E-state index contributed by atoms with van der Waals surface area (Å²) in [6, 6.07) is 0.713. The second-order valence-corrected chi connectivity index (χ2v) is 3.77. The molecule has 0 aromatic carbocycles. The molecule has 1 rings (SSSR count). The molecule has 0 bridgehead atoms. The van der Waals surface area contributed by atoms with Crippen LogP contribution in [0.25, 0.3) is 0 Å². The standard InChI is InChI=1S/C11H21N/c1-4-10-8-6-7-9(3)11(10)12-5-2/h6-7,9-12H,4-5,8H2,1-3H3/t9?,10?,11-/m0/s1.